The lowest BCUT2D eigenvalue weighted by molar-refractivity contribution is 0.660. The third kappa shape index (κ3) is 5.20. The number of aromatic nitrogens is 1. The molecule has 2 aliphatic rings. The molecule has 61 heavy (non-hydrogen) atoms. The molecule has 1 heteroatoms. The third-order valence-electron chi connectivity index (χ3n) is 14.0. The summed E-state index contributed by atoms with van der Waals surface area (Å²) >= 11 is 0. The monoisotopic (exact) mass is 779 g/mol. The van der Waals surface area contributed by atoms with E-state index in [9.17, 15) is 0 Å². The van der Waals surface area contributed by atoms with E-state index in [2.05, 4.69) is 232 Å². The van der Waals surface area contributed by atoms with Crippen molar-refractivity contribution in [2.75, 3.05) is 0 Å². The molecule has 0 saturated carbocycles. The summed E-state index contributed by atoms with van der Waals surface area (Å²) in [5.74, 6) is 0. The van der Waals surface area contributed by atoms with Crippen molar-refractivity contribution in [3.63, 3.8) is 0 Å². The van der Waals surface area contributed by atoms with E-state index in [0.29, 0.717) is 0 Å². The Kier molecular flexibility index (Phi) is 7.69. The second kappa shape index (κ2) is 13.1. The van der Waals surface area contributed by atoms with Crippen LogP contribution >= 0.6 is 0 Å². The van der Waals surface area contributed by atoms with Crippen molar-refractivity contribution < 1.29 is 0 Å². The number of hydrogen-bond donors (Lipinski definition) is 0. The van der Waals surface area contributed by atoms with Crippen LogP contribution in [-0.4, -0.2) is 4.57 Å². The zero-order valence-corrected chi connectivity index (χ0v) is 35.0. The van der Waals surface area contributed by atoms with Gasteiger partial charge in [-0.2, -0.15) is 0 Å². The molecule has 0 amide bonds. The minimum atomic E-state index is -0.117. The Morgan fingerprint density at radius 2 is 0.705 bits per heavy atom. The van der Waals surface area contributed by atoms with Crippen molar-refractivity contribution in [2.45, 2.75) is 38.5 Å². The first-order valence-corrected chi connectivity index (χ1v) is 21.6. The molecule has 0 unspecified atom stereocenters. The van der Waals surface area contributed by atoms with Gasteiger partial charge in [0.05, 0.1) is 11.4 Å². The van der Waals surface area contributed by atoms with E-state index in [1.165, 1.54) is 111 Å². The summed E-state index contributed by atoms with van der Waals surface area (Å²) < 4.78 is 2.46. The van der Waals surface area contributed by atoms with Gasteiger partial charge in [0.15, 0.2) is 0 Å². The molecule has 0 radical (unpaired) electrons. The van der Waals surface area contributed by atoms with Gasteiger partial charge in [0.25, 0.3) is 0 Å². The third-order valence-corrected chi connectivity index (χ3v) is 14.0. The molecule has 0 spiro atoms. The minimum Gasteiger partial charge on any atom is -0.309 e. The van der Waals surface area contributed by atoms with Crippen LogP contribution < -0.4 is 0 Å². The number of benzene rings is 9. The first-order valence-electron chi connectivity index (χ1n) is 21.6. The summed E-state index contributed by atoms with van der Waals surface area (Å²) in [6.45, 7) is 9.53. The average Bonchev–Trinajstić information content (AvgIpc) is 3.92. The maximum Gasteiger partial charge on any atom is 0.0535 e. The van der Waals surface area contributed by atoms with Crippen LogP contribution in [0.1, 0.15) is 49.9 Å². The number of hydrogen-bond acceptors (Lipinski definition) is 0. The fourth-order valence-corrected chi connectivity index (χ4v) is 11.0. The van der Waals surface area contributed by atoms with Crippen molar-refractivity contribution in [1.82, 2.24) is 4.57 Å². The van der Waals surface area contributed by atoms with E-state index in [4.69, 9.17) is 0 Å². The highest BCUT2D eigenvalue weighted by Gasteiger charge is 2.37. The van der Waals surface area contributed by atoms with Gasteiger partial charge in [-0.25, -0.2) is 0 Å². The van der Waals surface area contributed by atoms with Gasteiger partial charge in [-0.3, -0.25) is 0 Å². The molecule has 12 rings (SSSR count). The Morgan fingerprint density at radius 3 is 1.21 bits per heavy atom. The second-order valence-corrected chi connectivity index (χ2v) is 18.1. The summed E-state index contributed by atoms with van der Waals surface area (Å²) in [7, 11) is 0. The van der Waals surface area contributed by atoms with Gasteiger partial charge in [-0.15, -0.1) is 0 Å². The standard InChI is InChI=1S/C60H45N/c1-59(2)51-25-15-13-21-43(51)45-30-27-40(35-53(45)59)57-47-23-11-12-24-48(47)58(41-28-31-46-44-22-14-16-26-52(44)60(3,4)54(46)36-41)50-37-42(29-32-49(50)57)61-55(38-17-7-5-8-18-38)33-34-56(61)39-19-9-6-10-20-39/h5-37H,1-4H3. The van der Waals surface area contributed by atoms with Crippen LogP contribution in [0.25, 0.3) is 94.3 Å². The molecule has 2 aliphatic carbocycles. The fraction of sp³-hybridized carbons (Fsp3) is 0.100. The molecule has 0 N–H and O–H groups in total. The van der Waals surface area contributed by atoms with Gasteiger partial charge in [0.2, 0.25) is 0 Å². The van der Waals surface area contributed by atoms with E-state index in [-0.39, 0.29) is 10.8 Å². The van der Waals surface area contributed by atoms with Crippen molar-refractivity contribution in [3.8, 4) is 72.7 Å². The predicted octanol–water partition coefficient (Wildman–Crippen LogP) is 16.1. The van der Waals surface area contributed by atoms with Crippen molar-refractivity contribution in [1.29, 1.82) is 0 Å². The highest BCUT2D eigenvalue weighted by atomic mass is 15.0. The molecule has 10 aromatic rings. The summed E-state index contributed by atoms with van der Waals surface area (Å²) in [6.07, 6.45) is 0. The average molecular weight is 780 g/mol. The molecule has 0 bridgehead atoms. The van der Waals surface area contributed by atoms with E-state index >= 15 is 0 Å². The van der Waals surface area contributed by atoms with Crippen molar-refractivity contribution in [3.05, 3.63) is 222 Å². The Hall–Kier alpha value is -7.22. The topological polar surface area (TPSA) is 4.93 Å². The first-order chi connectivity index (χ1) is 29.8. The van der Waals surface area contributed by atoms with Gasteiger partial charge in [-0.05, 0) is 136 Å². The van der Waals surface area contributed by atoms with Crippen molar-refractivity contribution in [2.24, 2.45) is 0 Å². The maximum atomic E-state index is 2.50. The lowest BCUT2D eigenvalue weighted by Gasteiger charge is -2.24. The van der Waals surface area contributed by atoms with Crippen LogP contribution in [0, 0.1) is 0 Å². The summed E-state index contributed by atoms with van der Waals surface area (Å²) in [4.78, 5) is 0. The molecule has 0 aliphatic heterocycles. The maximum absolute atomic E-state index is 2.50. The summed E-state index contributed by atoms with van der Waals surface area (Å²) in [5, 5.41) is 5.03. The Bertz CT molecular complexity index is 3340. The lowest BCUT2D eigenvalue weighted by atomic mass is 9.79. The molecule has 1 nitrogen and oxygen atoms in total. The lowest BCUT2D eigenvalue weighted by Crippen LogP contribution is -2.15. The predicted molar refractivity (Wildman–Crippen MR) is 258 cm³/mol. The SMILES string of the molecule is CC1(C)c2ccccc2-c2ccc(-c3c4ccccc4c(-c4ccc5c(c4)C(C)(C)c4ccccc4-5)c4cc(-n5c(-c6ccccc6)ccc5-c5ccccc5)ccc34)cc21. The van der Waals surface area contributed by atoms with Crippen LogP contribution in [0.3, 0.4) is 0 Å². The Balaban J connectivity index is 1.17. The van der Waals surface area contributed by atoms with Gasteiger partial charge < -0.3 is 4.57 Å². The molecular formula is C60H45N. The molecule has 0 atom stereocenters. The number of fused-ring (bicyclic) bond motifs is 8. The van der Waals surface area contributed by atoms with E-state index in [1.54, 1.807) is 0 Å². The molecule has 9 aromatic carbocycles. The van der Waals surface area contributed by atoms with Crippen LogP contribution in [0.5, 0.6) is 0 Å². The Labute approximate surface area is 358 Å². The molecule has 1 heterocycles. The Morgan fingerprint density at radius 1 is 0.295 bits per heavy atom. The van der Waals surface area contributed by atoms with Gasteiger partial charge in [0, 0.05) is 16.5 Å². The molecule has 290 valence electrons. The highest BCUT2D eigenvalue weighted by molar-refractivity contribution is 6.22. The highest BCUT2D eigenvalue weighted by Crippen LogP contribution is 2.53. The molecular weight excluding hydrogens is 735 g/mol. The minimum absolute atomic E-state index is 0.106. The van der Waals surface area contributed by atoms with Gasteiger partial charge >= 0.3 is 0 Å². The van der Waals surface area contributed by atoms with Crippen LogP contribution in [0.15, 0.2) is 200 Å². The van der Waals surface area contributed by atoms with Crippen LogP contribution in [0.2, 0.25) is 0 Å². The van der Waals surface area contributed by atoms with Gasteiger partial charge in [0.1, 0.15) is 0 Å². The van der Waals surface area contributed by atoms with E-state index < -0.39 is 0 Å². The van der Waals surface area contributed by atoms with Gasteiger partial charge in [-0.1, -0.05) is 191 Å². The largest absolute Gasteiger partial charge is 0.309 e. The van der Waals surface area contributed by atoms with E-state index in [1.807, 2.05) is 0 Å². The second-order valence-electron chi connectivity index (χ2n) is 18.1. The number of rotatable bonds is 5. The zero-order valence-electron chi connectivity index (χ0n) is 35.0. The quantitative estimate of drug-likeness (QED) is 0.153. The normalized spacial score (nSPS) is 14.2. The number of nitrogens with zero attached hydrogens (tertiary/aromatic N) is 1. The molecule has 0 saturated heterocycles. The first kappa shape index (κ1) is 35.7. The molecule has 0 fully saturated rings. The van der Waals surface area contributed by atoms with Crippen LogP contribution in [-0.2, 0) is 10.8 Å². The summed E-state index contributed by atoms with van der Waals surface area (Å²) in [6, 6.07) is 74.9. The zero-order chi connectivity index (χ0) is 41.0. The van der Waals surface area contributed by atoms with E-state index in [0.717, 1.165) is 5.69 Å². The fourth-order valence-electron chi connectivity index (χ4n) is 11.0. The van der Waals surface area contributed by atoms with Crippen molar-refractivity contribution >= 4 is 21.5 Å². The smallest absolute Gasteiger partial charge is 0.0535 e. The van der Waals surface area contributed by atoms with Crippen LogP contribution in [0.4, 0.5) is 0 Å². The molecule has 1 aromatic heterocycles. The summed E-state index contributed by atoms with van der Waals surface area (Å²) in [5.41, 5.74) is 21.6.